The lowest BCUT2D eigenvalue weighted by molar-refractivity contribution is 0.101. The second-order valence-corrected chi connectivity index (χ2v) is 9.15. The highest BCUT2D eigenvalue weighted by molar-refractivity contribution is 9.10. The smallest absolute Gasteiger partial charge is 0.279 e. The lowest BCUT2D eigenvalue weighted by atomic mass is 9.92. The molecule has 1 fully saturated rings. The summed E-state index contributed by atoms with van der Waals surface area (Å²) >= 11 is 4.77. The van der Waals surface area contributed by atoms with E-state index in [0.29, 0.717) is 22.7 Å². The number of carbonyl (C=O) groups excluding carboxylic acids is 1. The number of nitrogens with one attached hydrogen (secondary N) is 1. The van der Waals surface area contributed by atoms with Crippen LogP contribution in [0.4, 0.5) is 10.3 Å². The summed E-state index contributed by atoms with van der Waals surface area (Å²) in [6, 6.07) is 9.22. The lowest BCUT2D eigenvalue weighted by Crippen LogP contribution is -2.38. The Hall–Kier alpha value is -2.26. The molecule has 146 valence electrons. The SMILES string of the molecule is C[C@H]1C[C@H](C)CN(c2nnc(NC(=O)c3cc(-c4ccc(Br)cc4)on3)s2)C1. The van der Waals surface area contributed by atoms with Crippen LogP contribution in [-0.4, -0.2) is 34.4 Å². The maximum absolute atomic E-state index is 12.5. The molecule has 1 aliphatic rings. The minimum Gasteiger partial charge on any atom is -0.355 e. The van der Waals surface area contributed by atoms with E-state index in [0.717, 1.165) is 28.3 Å². The van der Waals surface area contributed by atoms with Crippen molar-refractivity contribution in [3.63, 3.8) is 0 Å². The fourth-order valence-electron chi connectivity index (χ4n) is 3.51. The monoisotopic (exact) mass is 461 g/mol. The molecule has 0 radical (unpaired) electrons. The molecule has 9 heteroatoms. The number of hydrogen-bond donors (Lipinski definition) is 1. The maximum Gasteiger partial charge on any atom is 0.279 e. The van der Waals surface area contributed by atoms with E-state index in [1.165, 1.54) is 17.8 Å². The van der Waals surface area contributed by atoms with E-state index in [4.69, 9.17) is 4.52 Å². The van der Waals surface area contributed by atoms with Crippen LogP contribution in [0, 0.1) is 11.8 Å². The molecule has 3 aromatic rings. The predicted octanol–water partition coefficient (Wildman–Crippen LogP) is 4.69. The molecule has 1 aliphatic heterocycles. The second kappa shape index (κ2) is 8.00. The summed E-state index contributed by atoms with van der Waals surface area (Å²) in [4.78, 5) is 14.7. The Kier molecular flexibility index (Phi) is 5.45. The van der Waals surface area contributed by atoms with E-state index in [1.807, 2.05) is 24.3 Å². The van der Waals surface area contributed by atoms with Crippen LogP contribution in [0.2, 0.25) is 0 Å². The lowest BCUT2D eigenvalue weighted by Gasteiger charge is -2.34. The Morgan fingerprint density at radius 2 is 1.93 bits per heavy atom. The van der Waals surface area contributed by atoms with Crippen molar-refractivity contribution in [1.29, 1.82) is 0 Å². The Morgan fingerprint density at radius 1 is 1.21 bits per heavy atom. The van der Waals surface area contributed by atoms with Gasteiger partial charge in [-0.1, -0.05) is 58.4 Å². The fraction of sp³-hybridized carbons (Fsp3) is 0.368. The zero-order valence-electron chi connectivity index (χ0n) is 15.6. The molecule has 0 aliphatic carbocycles. The first-order valence-electron chi connectivity index (χ1n) is 9.10. The highest BCUT2D eigenvalue weighted by Gasteiger charge is 2.25. The number of aromatic nitrogens is 3. The Balaban J connectivity index is 1.43. The first-order valence-corrected chi connectivity index (χ1v) is 10.7. The largest absolute Gasteiger partial charge is 0.355 e. The molecule has 2 atom stereocenters. The maximum atomic E-state index is 12.5. The highest BCUT2D eigenvalue weighted by Crippen LogP contribution is 2.30. The minimum atomic E-state index is -0.366. The zero-order valence-corrected chi connectivity index (χ0v) is 18.0. The van der Waals surface area contributed by atoms with Crippen LogP contribution in [0.25, 0.3) is 11.3 Å². The van der Waals surface area contributed by atoms with Crippen molar-refractivity contribution in [2.24, 2.45) is 11.8 Å². The molecule has 1 N–H and O–H groups in total. The van der Waals surface area contributed by atoms with E-state index in [-0.39, 0.29) is 11.6 Å². The summed E-state index contributed by atoms with van der Waals surface area (Å²) in [5.41, 5.74) is 1.05. The molecule has 0 bridgehead atoms. The van der Waals surface area contributed by atoms with Crippen molar-refractivity contribution in [2.45, 2.75) is 20.3 Å². The molecule has 1 amide bonds. The first-order chi connectivity index (χ1) is 13.5. The standard InChI is InChI=1S/C19H20BrN5O2S/c1-11-7-12(2)10-25(9-11)19-23-22-18(28-19)21-17(26)15-8-16(27-24-15)13-3-5-14(20)6-4-13/h3-6,8,11-12H,7,9-10H2,1-2H3,(H,21,22,26)/t11-,12-/m0/s1. The van der Waals surface area contributed by atoms with Gasteiger partial charge >= 0.3 is 0 Å². The molecule has 0 saturated carbocycles. The van der Waals surface area contributed by atoms with Gasteiger partial charge in [-0.05, 0) is 30.4 Å². The number of benzene rings is 1. The molecule has 2 aromatic heterocycles. The van der Waals surface area contributed by atoms with Gasteiger partial charge in [0, 0.05) is 29.2 Å². The number of nitrogens with zero attached hydrogens (tertiary/aromatic N) is 4. The van der Waals surface area contributed by atoms with Crippen LogP contribution < -0.4 is 10.2 Å². The number of halogens is 1. The van der Waals surface area contributed by atoms with Gasteiger partial charge in [0.25, 0.3) is 5.91 Å². The van der Waals surface area contributed by atoms with Crippen molar-refractivity contribution < 1.29 is 9.32 Å². The summed E-state index contributed by atoms with van der Waals surface area (Å²) < 4.78 is 6.28. The van der Waals surface area contributed by atoms with Gasteiger partial charge in [-0.2, -0.15) is 0 Å². The van der Waals surface area contributed by atoms with Gasteiger partial charge in [0.1, 0.15) is 0 Å². The summed E-state index contributed by atoms with van der Waals surface area (Å²) in [6.45, 7) is 6.43. The second-order valence-electron chi connectivity index (χ2n) is 7.28. The number of anilines is 2. The third-order valence-corrected chi connectivity index (χ3v) is 6.07. The average molecular weight is 462 g/mol. The molecule has 28 heavy (non-hydrogen) atoms. The van der Waals surface area contributed by atoms with E-state index in [1.54, 1.807) is 6.07 Å². The van der Waals surface area contributed by atoms with Crippen LogP contribution in [0.1, 0.15) is 30.8 Å². The molecule has 1 aromatic carbocycles. The third kappa shape index (κ3) is 4.25. The number of piperidine rings is 1. The van der Waals surface area contributed by atoms with Gasteiger partial charge in [0.15, 0.2) is 11.5 Å². The van der Waals surface area contributed by atoms with Crippen molar-refractivity contribution >= 4 is 43.4 Å². The third-order valence-electron chi connectivity index (χ3n) is 4.65. The van der Waals surface area contributed by atoms with E-state index in [9.17, 15) is 4.79 Å². The van der Waals surface area contributed by atoms with Crippen molar-refractivity contribution in [2.75, 3.05) is 23.3 Å². The zero-order chi connectivity index (χ0) is 19.7. The molecule has 1 saturated heterocycles. The fourth-order valence-corrected chi connectivity index (χ4v) is 4.53. The number of carbonyl (C=O) groups is 1. The summed E-state index contributed by atoms with van der Waals surface area (Å²) in [5, 5.41) is 16.3. The minimum absolute atomic E-state index is 0.204. The van der Waals surface area contributed by atoms with Crippen LogP contribution in [0.15, 0.2) is 39.3 Å². The predicted molar refractivity (Wildman–Crippen MR) is 113 cm³/mol. The van der Waals surface area contributed by atoms with Crippen molar-refractivity contribution in [1.82, 2.24) is 15.4 Å². The molecular formula is C19H20BrN5O2S. The van der Waals surface area contributed by atoms with Gasteiger partial charge in [-0.3, -0.25) is 10.1 Å². The molecule has 3 heterocycles. The van der Waals surface area contributed by atoms with Gasteiger partial charge in [0.05, 0.1) is 0 Å². The van der Waals surface area contributed by atoms with Gasteiger partial charge in [0.2, 0.25) is 10.3 Å². The van der Waals surface area contributed by atoms with Crippen LogP contribution >= 0.6 is 27.3 Å². The Labute approximate surface area is 175 Å². The molecule has 7 nitrogen and oxygen atoms in total. The Bertz CT molecular complexity index is 961. The first kappa shape index (κ1) is 19.1. The Morgan fingerprint density at radius 3 is 2.64 bits per heavy atom. The number of hydrogen-bond acceptors (Lipinski definition) is 7. The van der Waals surface area contributed by atoms with E-state index in [2.05, 4.69) is 55.3 Å². The summed E-state index contributed by atoms with van der Waals surface area (Å²) in [5.74, 6) is 1.41. The normalized spacial score (nSPS) is 19.6. The summed E-state index contributed by atoms with van der Waals surface area (Å²) in [6.07, 6.45) is 1.23. The summed E-state index contributed by atoms with van der Waals surface area (Å²) in [7, 11) is 0. The van der Waals surface area contributed by atoms with Crippen LogP contribution in [0.5, 0.6) is 0 Å². The number of rotatable bonds is 4. The molecular weight excluding hydrogens is 442 g/mol. The van der Waals surface area contributed by atoms with E-state index < -0.39 is 0 Å². The van der Waals surface area contributed by atoms with Crippen molar-refractivity contribution in [3.8, 4) is 11.3 Å². The van der Waals surface area contributed by atoms with Gasteiger partial charge < -0.3 is 9.42 Å². The topological polar surface area (TPSA) is 84.2 Å². The number of amides is 1. The quantitative estimate of drug-likeness (QED) is 0.606. The van der Waals surface area contributed by atoms with Crippen LogP contribution in [-0.2, 0) is 0 Å². The van der Waals surface area contributed by atoms with Gasteiger partial charge in [-0.15, -0.1) is 10.2 Å². The average Bonchev–Trinajstić information content (AvgIpc) is 3.31. The molecule has 4 rings (SSSR count). The van der Waals surface area contributed by atoms with Crippen LogP contribution in [0.3, 0.4) is 0 Å². The highest BCUT2D eigenvalue weighted by atomic mass is 79.9. The molecule has 0 spiro atoms. The molecule has 0 unspecified atom stereocenters. The van der Waals surface area contributed by atoms with Gasteiger partial charge in [-0.25, -0.2) is 0 Å². The van der Waals surface area contributed by atoms with E-state index >= 15 is 0 Å². The van der Waals surface area contributed by atoms with Crippen molar-refractivity contribution in [3.05, 3.63) is 40.5 Å².